The molecule has 1 heterocycles. The fourth-order valence-electron chi connectivity index (χ4n) is 3.31. The molecule has 31 heavy (non-hydrogen) atoms. The van der Waals surface area contributed by atoms with Crippen LogP contribution in [-0.4, -0.2) is 36.3 Å². The van der Waals surface area contributed by atoms with Crippen LogP contribution in [0.1, 0.15) is 66.2 Å². The number of hydrogen-bond acceptors (Lipinski definition) is 6. The van der Waals surface area contributed by atoms with Crippen molar-refractivity contribution in [3.8, 4) is 11.4 Å². The van der Waals surface area contributed by atoms with E-state index in [0.29, 0.717) is 29.6 Å². The van der Waals surface area contributed by atoms with Crippen LogP contribution in [0.4, 0.5) is 0 Å². The standard InChI is InChI=1S/C24H31NO6/c1-7-29-23(27)20-16(5)25(17(6)21(22(20)26)24(28)30-8-2)18-9-11-19(12-10-18)31-14-13-15(3)4/h9-12,15H,7-8,13-14H2,1-6H3. The van der Waals surface area contributed by atoms with E-state index in [2.05, 4.69) is 13.8 Å². The largest absolute Gasteiger partial charge is 0.494 e. The third kappa shape index (κ3) is 5.54. The van der Waals surface area contributed by atoms with Crippen LogP contribution >= 0.6 is 0 Å². The van der Waals surface area contributed by atoms with Gasteiger partial charge in [0.25, 0.3) is 0 Å². The van der Waals surface area contributed by atoms with Gasteiger partial charge in [0.15, 0.2) is 0 Å². The van der Waals surface area contributed by atoms with Crippen LogP contribution in [0.15, 0.2) is 29.1 Å². The Kier molecular flexibility index (Phi) is 8.42. The van der Waals surface area contributed by atoms with Crippen LogP contribution in [0.5, 0.6) is 5.75 Å². The predicted octanol–water partition coefficient (Wildman–Crippen LogP) is 4.23. The number of benzene rings is 1. The molecule has 2 aromatic rings. The summed E-state index contributed by atoms with van der Waals surface area (Å²) in [6, 6.07) is 7.28. The van der Waals surface area contributed by atoms with E-state index in [1.807, 2.05) is 24.3 Å². The smallest absolute Gasteiger partial charge is 0.343 e. The van der Waals surface area contributed by atoms with Gasteiger partial charge in [-0.05, 0) is 64.3 Å². The van der Waals surface area contributed by atoms with Crippen LogP contribution in [0.3, 0.4) is 0 Å². The Hall–Kier alpha value is -3.09. The van der Waals surface area contributed by atoms with E-state index in [1.54, 1.807) is 32.3 Å². The number of aromatic nitrogens is 1. The number of hydrogen-bond donors (Lipinski definition) is 0. The molecule has 0 radical (unpaired) electrons. The maximum Gasteiger partial charge on any atom is 0.343 e. The number of esters is 2. The van der Waals surface area contributed by atoms with Crippen molar-refractivity contribution in [1.29, 1.82) is 0 Å². The number of nitrogens with zero attached hydrogens (tertiary/aromatic N) is 1. The molecule has 0 aliphatic carbocycles. The molecule has 0 atom stereocenters. The van der Waals surface area contributed by atoms with Gasteiger partial charge in [0.05, 0.1) is 19.8 Å². The van der Waals surface area contributed by atoms with Crippen LogP contribution in [-0.2, 0) is 9.47 Å². The second-order valence-corrected chi connectivity index (χ2v) is 7.55. The average Bonchev–Trinajstić information content (AvgIpc) is 2.69. The predicted molar refractivity (Wildman–Crippen MR) is 118 cm³/mol. The Labute approximate surface area is 182 Å². The molecule has 2 rings (SSSR count). The molecule has 168 valence electrons. The van der Waals surface area contributed by atoms with Gasteiger partial charge in [-0.2, -0.15) is 0 Å². The topological polar surface area (TPSA) is 83.8 Å². The molecule has 0 spiro atoms. The van der Waals surface area contributed by atoms with Crippen LogP contribution in [0, 0.1) is 19.8 Å². The first-order valence-electron chi connectivity index (χ1n) is 10.6. The highest BCUT2D eigenvalue weighted by Gasteiger charge is 2.27. The summed E-state index contributed by atoms with van der Waals surface area (Å²) in [5.41, 5.74) is 0.435. The van der Waals surface area contributed by atoms with Crippen molar-refractivity contribution in [3.63, 3.8) is 0 Å². The molecule has 0 amide bonds. The zero-order chi connectivity index (χ0) is 23.1. The van der Waals surface area contributed by atoms with E-state index in [0.717, 1.165) is 12.2 Å². The number of pyridine rings is 1. The second-order valence-electron chi connectivity index (χ2n) is 7.55. The lowest BCUT2D eigenvalue weighted by molar-refractivity contribution is 0.0519. The molecule has 1 aromatic heterocycles. The molecule has 0 aliphatic rings. The van der Waals surface area contributed by atoms with Crippen molar-refractivity contribution in [3.05, 3.63) is 57.0 Å². The van der Waals surface area contributed by atoms with Gasteiger partial charge in [-0.25, -0.2) is 9.59 Å². The van der Waals surface area contributed by atoms with Gasteiger partial charge in [0, 0.05) is 17.1 Å². The lowest BCUT2D eigenvalue weighted by Gasteiger charge is -2.20. The monoisotopic (exact) mass is 429 g/mol. The zero-order valence-corrected chi connectivity index (χ0v) is 19.1. The normalized spacial score (nSPS) is 10.8. The van der Waals surface area contributed by atoms with Gasteiger partial charge in [-0.3, -0.25) is 4.79 Å². The molecule has 0 unspecified atom stereocenters. The Morgan fingerprint density at radius 1 is 0.903 bits per heavy atom. The Bertz CT molecular complexity index is 940. The van der Waals surface area contributed by atoms with Crippen molar-refractivity contribution in [1.82, 2.24) is 4.57 Å². The van der Waals surface area contributed by atoms with Gasteiger partial charge in [-0.15, -0.1) is 0 Å². The lowest BCUT2D eigenvalue weighted by Crippen LogP contribution is -2.31. The number of ether oxygens (including phenoxy) is 3. The minimum absolute atomic E-state index is 0.114. The summed E-state index contributed by atoms with van der Waals surface area (Å²) in [6.07, 6.45) is 0.950. The van der Waals surface area contributed by atoms with E-state index >= 15 is 0 Å². The molecule has 1 aromatic carbocycles. The first-order valence-corrected chi connectivity index (χ1v) is 10.6. The minimum atomic E-state index is -0.766. The zero-order valence-electron chi connectivity index (χ0n) is 19.1. The lowest BCUT2D eigenvalue weighted by atomic mass is 10.0. The highest BCUT2D eigenvalue weighted by molar-refractivity contribution is 5.96. The van der Waals surface area contributed by atoms with Gasteiger partial charge < -0.3 is 18.8 Å². The first kappa shape index (κ1) is 24.2. The molecule has 0 fully saturated rings. The molecule has 7 nitrogen and oxygen atoms in total. The molecule has 0 aliphatic heterocycles. The Morgan fingerprint density at radius 2 is 1.39 bits per heavy atom. The van der Waals surface area contributed by atoms with Crippen molar-refractivity contribution < 1.29 is 23.8 Å². The molecule has 0 N–H and O–H groups in total. The maximum atomic E-state index is 13.0. The van der Waals surface area contributed by atoms with E-state index in [-0.39, 0.29) is 24.3 Å². The molecule has 0 saturated carbocycles. The molecule has 0 bridgehead atoms. The van der Waals surface area contributed by atoms with E-state index in [4.69, 9.17) is 14.2 Å². The van der Waals surface area contributed by atoms with Crippen molar-refractivity contribution >= 4 is 11.9 Å². The Morgan fingerprint density at radius 3 is 1.81 bits per heavy atom. The quantitative estimate of drug-likeness (QED) is 0.555. The average molecular weight is 430 g/mol. The Balaban J connectivity index is 2.59. The van der Waals surface area contributed by atoms with Crippen LogP contribution in [0.25, 0.3) is 5.69 Å². The van der Waals surface area contributed by atoms with E-state index in [9.17, 15) is 14.4 Å². The first-order chi connectivity index (χ1) is 14.7. The molecular formula is C24H31NO6. The summed E-state index contributed by atoms with van der Waals surface area (Å²) in [5.74, 6) is -0.263. The molecule has 7 heteroatoms. The fourth-order valence-corrected chi connectivity index (χ4v) is 3.31. The van der Waals surface area contributed by atoms with E-state index < -0.39 is 17.4 Å². The highest BCUT2D eigenvalue weighted by atomic mass is 16.5. The van der Waals surface area contributed by atoms with Crippen molar-refractivity contribution in [2.75, 3.05) is 19.8 Å². The number of carbonyl (C=O) groups is 2. The van der Waals surface area contributed by atoms with Gasteiger partial charge in [-0.1, -0.05) is 13.8 Å². The van der Waals surface area contributed by atoms with Gasteiger partial charge >= 0.3 is 11.9 Å². The molecular weight excluding hydrogens is 398 g/mol. The number of rotatable bonds is 9. The second kappa shape index (κ2) is 10.8. The van der Waals surface area contributed by atoms with Crippen LogP contribution in [0.2, 0.25) is 0 Å². The fraction of sp³-hybridized carbons (Fsp3) is 0.458. The van der Waals surface area contributed by atoms with Crippen molar-refractivity contribution in [2.45, 2.75) is 48.0 Å². The minimum Gasteiger partial charge on any atom is -0.494 e. The van der Waals surface area contributed by atoms with E-state index in [1.165, 1.54) is 0 Å². The van der Waals surface area contributed by atoms with Crippen LogP contribution < -0.4 is 10.2 Å². The highest BCUT2D eigenvalue weighted by Crippen LogP contribution is 2.22. The third-order valence-corrected chi connectivity index (χ3v) is 4.87. The summed E-state index contributed by atoms with van der Waals surface area (Å²) in [6.45, 7) is 11.7. The summed E-state index contributed by atoms with van der Waals surface area (Å²) >= 11 is 0. The number of carbonyl (C=O) groups excluding carboxylic acids is 2. The summed E-state index contributed by atoms with van der Waals surface area (Å²) in [7, 11) is 0. The third-order valence-electron chi connectivity index (χ3n) is 4.87. The maximum absolute atomic E-state index is 13.0. The summed E-state index contributed by atoms with van der Waals surface area (Å²) < 4.78 is 17.6. The summed E-state index contributed by atoms with van der Waals surface area (Å²) in [4.78, 5) is 38.1. The van der Waals surface area contributed by atoms with Gasteiger partial charge in [0.1, 0.15) is 16.9 Å². The van der Waals surface area contributed by atoms with Gasteiger partial charge in [0.2, 0.25) is 5.43 Å². The van der Waals surface area contributed by atoms with Crippen molar-refractivity contribution in [2.24, 2.45) is 5.92 Å². The summed E-state index contributed by atoms with van der Waals surface area (Å²) in [5, 5.41) is 0. The molecule has 0 saturated heterocycles. The SMILES string of the molecule is CCOC(=O)c1c(C)n(-c2ccc(OCCC(C)C)cc2)c(C)c(C(=O)OCC)c1=O.